The third kappa shape index (κ3) is 4.52. The zero-order chi connectivity index (χ0) is 23.8. The standard InChI is InChI=1S/C22H19FN6O3S/c1-13-19(33-20(27-13)22(2,3)31)32-18-7-6-15(9-16(18)23)29-21(30)28(12-26-29)11-17-14(10-24)5-4-8-25-17/h4-9,12,31H,11H2,1-3H3. The maximum absolute atomic E-state index is 14.8. The number of benzene rings is 1. The minimum absolute atomic E-state index is 0.0487. The number of halogens is 1. The predicted octanol–water partition coefficient (Wildman–Crippen LogP) is 3.27. The predicted molar refractivity (Wildman–Crippen MR) is 118 cm³/mol. The van der Waals surface area contributed by atoms with E-state index in [1.165, 1.54) is 29.2 Å². The van der Waals surface area contributed by atoms with E-state index >= 15 is 0 Å². The highest BCUT2D eigenvalue weighted by molar-refractivity contribution is 7.13. The van der Waals surface area contributed by atoms with Crippen LogP contribution in [0.15, 0.2) is 47.7 Å². The molecule has 0 aliphatic carbocycles. The number of aliphatic hydroxyl groups is 1. The van der Waals surface area contributed by atoms with E-state index < -0.39 is 17.1 Å². The summed E-state index contributed by atoms with van der Waals surface area (Å²) < 4.78 is 22.8. The molecule has 0 aliphatic rings. The Kier molecular flexibility index (Phi) is 5.80. The number of hydrogen-bond donors (Lipinski definition) is 1. The second-order valence-corrected chi connectivity index (χ2v) is 8.69. The van der Waals surface area contributed by atoms with E-state index in [0.29, 0.717) is 27.0 Å². The first-order valence-electron chi connectivity index (χ1n) is 9.84. The lowest BCUT2D eigenvalue weighted by molar-refractivity contribution is 0.0781. The number of hydrogen-bond acceptors (Lipinski definition) is 8. The minimum Gasteiger partial charge on any atom is -0.442 e. The van der Waals surface area contributed by atoms with Gasteiger partial charge in [0.1, 0.15) is 23.0 Å². The largest absolute Gasteiger partial charge is 0.442 e. The molecule has 0 fully saturated rings. The van der Waals surface area contributed by atoms with Crippen molar-refractivity contribution in [2.24, 2.45) is 0 Å². The zero-order valence-corrected chi connectivity index (χ0v) is 18.8. The topological polar surface area (TPSA) is 119 Å². The summed E-state index contributed by atoms with van der Waals surface area (Å²) in [7, 11) is 0. The monoisotopic (exact) mass is 466 g/mol. The van der Waals surface area contributed by atoms with Crippen molar-refractivity contribution in [1.82, 2.24) is 24.3 Å². The molecule has 0 radical (unpaired) electrons. The van der Waals surface area contributed by atoms with E-state index in [9.17, 15) is 19.6 Å². The van der Waals surface area contributed by atoms with Crippen LogP contribution in [0.2, 0.25) is 0 Å². The lowest BCUT2D eigenvalue weighted by atomic mass is 10.2. The highest BCUT2D eigenvalue weighted by atomic mass is 32.1. The van der Waals surface area contributed by atoms with Crippen LogP contribution in [0.25, 0.3) is 5.69 Å². The van der Waals surface area contributed by atoms with Crippen molar-refractivity contribution >= 4 is 11.3 Å². The van der Waals surface area contributed by atoms with Gasteiger partial charge in [0.25, 0.3) is 0 Å². The quantitative estimate of drug-likeness (QED) is 0.463. The molecule has 0 saturated heterocycles. The number of aryl methyl sites for hydroxylation is 1. The van der Waals surface area contributed by atoms with Crippen LogP contribution in [0, 0.1) is 24.1 Å². The highest BCUT2D eigenvalue weighted by Crippen LogP contribution is 2.36. The van der Waals surface area contributed by atoms with Gasteiger partial charge in [-0.2, -0.15) is 15.0 Å². The molecule has 0 aliphatic heterocycles. The molecule has 33 heavy (non-hydrogen) atoms. The highest BCUT2D eigenvalue weighted by Gasteiger charge is 2.23. The van der Waals surface area contributed by atoms with Crippen molar-refractivity contribution in [3.05, 3.63) is 81.1 Å². The molecular weight excluding hydrogens is 447 g/mol. The molecule has 1 aromatic carbocycles. The second-order valence-electron chi connectivity index (χ2n) is 7.73. The average Bonchev–Trinajstić information content (AvgIpc) is 3.32. The number of ether oxygens (including phenoxy) is 1. The van der Waals surface area contributed by atoms with Crippen molar-refractivity contribution < 1.29 is 14.2 Å². The molecule has 0 unspecified atom stereocenters. The van der Waals surface area contributed by atoms with Gasteiger partial charge < -0.3 is 9.84 Å². The van der Waals surface area contributed by atoms with Gasteiger partial charge in [0.05, 0.1) is 29.2 Å². The van der Waals surface area contributed by atoms with E-state index in [4.69, 9.17) is 4.74 Å². The molecule has 3 aromatic heterocycles. The third-order valence-corrected chi connectivity index (χ3v) is 6.05. The summed E-state index contributed by atoms with van der Waals surface area (Å²) in [6, 6.07) is 9.33. The summed E-state index contributed by atoms with van der Waals surface area (Å²) >= 11 is 1.13. The third-order valence-electron chi connectivity index (χ3n) is 4.70. The van der Waals surface area contributed by atoms with E-state index in [2.05, 4.69) is 15.1 Å². The summed E-state index contributed by atoms with van der Waals surface area (Å²) in [6.45, 7) is 4.98. The van der Waals surface area contributed by atoms with Gasteiger partial charge in [-0.1, -0.05) is 11.3 Å². The molecule has 168 valence electrons. The van der Waals surface area contributed by atoms with Gasteiger partial charge in [-0.3, -0.25) is 9.55 Å². The Balaban J connectivity index is 1.59. The maximum atomic E-state index is 14.8. The lowest BCUT2D eigenvalue weighted by Crippen LogP contribution is -2.24. The smallest absolute Gasteiger partial charge is 0.350 e. The van der Waals surface area contributed by atoms with Crippen molar-refractivity contribution in [3.8, 4) is 22.6 Å². The van der Waals surface area contributed by atoms with Crippen LogP contribution in [-0.2, 0) is 12.1 Å². The van der Waals surface area contributed by atoms with Crippen LogP contribution in [0.3, 0.4) is 0 Å². The lowest BCUT2D eigenvalue weighted by Gasteiger charge is -2.12. The first-order chi connectivity index (χ1) is 15.7. The molecule has 0 amide bonds. The summed E-state index contributed by atoms with van der Waals surface area (Å²) in [5, 5.41) is 24.2. The maximum Gasteiger partial charge on any atom is 0.350 e. The molecule has 0 spiro atoms. The van der Waals surface area contributed by atoms with Gasteiger partial charge >= 0.3 is 5.69 Å². The summed E-state index contributed by atoms with van der Waals surface area (Å²) in [5.74, 6) is -0.740. The van der Waals surface area contributed by atoms with E-state index in [1.54, 1.807) is 32.9 Å². The summed E-state index contributed by atoms with van der Waals surface area (Å²) in [5.41, 5.74) is -0.114. The van der Waals surface area contributed by atoms with Crippen LogP contribution in [0.4, 0.5) is 4.39 Å². The molecular formula is C22H19FN6O3S. The number of nitriles is 1. The zero-order valence-electron chi connectivity index (χ0n) is 18.0. The average molecular weight is 466 g/mol. The summed E-state index contributed by atoms with van der Waals surface area (Å²) in [6.07, 6.45) is 2.84. The van der Waals surface area contributed by atoms with Gasteiger partial charge in [-0.25, -0.2) is 14.2 Å². The van der Waals surface area contributed by atoms with Gasteiger partial charge in [-0.15, -0.1) is 0 Å². The number of nitrogens with zero attached hydrogens (tertiary/aromatic N) is 6. The van der Waals surface area contributed by atoms with Gasteiger partial charge in [-0.05, 0) is 45.0 Å². The normalized spacial score (nSPS) is 11.4. The molecule has 3 heterocycles. The molecule has 4 aromatic rings. The van der Waals surface area contributed by atoms with Crippen molar-refractivity contribution in [3.63, 3.8) is 0 Å². The van der Waals surface area contributed by atoms with Gasteiger partial charge in [0.2, 0.25) is 5.06 Å². The Bertz CT molecular complexity index is 1430. The SMILES string of the molecule is Cc1nc(C(C)(C)O)sc1Oc1ccc(-n2ncn(Cc3ncccc3C#N)c2=O)cc1F. The van der Waals surface area contributed by atoms with Crippen LogP contribution >= 0.6 is 11.3 Å². The molecule has 1 N–H and O–H groups in total. The molecule has 11 heteroatoms. The van der Waals surface area contributed by atoms with Crippen LogP contribution in [-0.4, -0.2) is 29.4 Å². The Hall–Kier alpha value is -3.88. The van der Waals surface area contributed by atoms with Crippen LogP contribution < -0.4 is 10.4 Å². The minimum atomic E-state index is -1.14. The fraction of sp³-hybridized carbons (Fsp3) is 0.227. The van der Waals surface area contributed by atoms with Crippen LogP contribution in [0.1, 0.15) is 35.8 Å². The Labute approximate surface area is 192 Å². The molecule has 4 rings (SSSR count). The van der Waals surface area contributed by atoms with Crippen LogP contribution in [0.5, 0.6) is 10.8 Å². The Morgan fingerprint density at radius 3 is 2.79 bits per heavy atom. The number of thiazole rings is 1. The van der Waals surface area contributed by atoms with Crippen molar-refractivity contribution in [2.75, 3.05) is 0 Å². The first-order valence-corrected chi connectivity index (χ1v) is 10.7. The Morgan fingerprint density at radius 2 is 2.12 bits per heavy atom. The molecule has 0 atom stereocenters. The fourth-order valence-corrected chi connectivity index (χ4v) is 3.92. The molecule has 0 bridgehead atoms. The first kappa shape index (κ1) is 22.3. The summed E-state index contributed by atoms with van der Waals surface area (Å²) in [4.78, 5) is 21.2. The van der Waals surface area contributed by atoms with E-state index in [1.807, 2.05) is 6.07 Å². The fourth-order valence-electron chi connectivity index (χ4n) is 2.99. The second kappa shape index (κ2) is 8.57. The number of pyridine rings is 1. The van der Waals surface area contributed by atoms with E-state index in [0.717, 1.165) is 22.1 Å². The Morgan fingerprint density at radius 1 is 1.33 bits per heavy atom. The van der Waals surface area contributed by atoms with Crippen molar-refractivity contribution in [1.29, 1.82) is 5.26 Å². The van der Waals surface area contributed by atoms with Gasteiger partial charge in [0, 0.05) is 12.3 Å². The molecule has 9 nitrogen and oxygen atoms in total. The number of aromatic nitrogens is 5. The molecule has 0 saturated carbocycles. The van der Waals surface area contributed by atoms with Crippen molar-refractivity contribution in [2.45, 2.75) is 32.9 Å². The van der Waals surface area contributed by atoms with Gasteiger partial charge in [0.15, 0.2) is 11.6 Å². The van der Waals surface area contributed by atoms with E-state index in [-0.39, 0.29) is 18.0 Å². The number of rotatable bonds is 6.